The van der Waals surface area contributed by atoms with Crippen LogP contribution in [0.5, 0.6) is 0 Å². The summed E-state index contributed by atoms with van der Waals surface area (Å²) < 4.78 is 53.8. The number of esters is 2. The predicted molar refractivity (Wildman–Crippen MR) is 210 cm³/mol. The van der Waals surface area contributed by atoms with E-state index in [1.165, 1.54) is 44.9 Å². The predicted octanol–water partition coefficient (Wildman–Crippen LogP) is 7.22. The van der Waals surface area contributed by atoms with Gasteiger partial charge in [0, 0.05) is 12.8 Å². The average molecular weight is 787 g/mol. The SMILES string of the molecule is CC/C=C/C/C=C/C/C=C/C/C=C/CCCCC(=O)O[C@H](COC(=O)CCCCCCCCCCCCC)CO[C@H]1O[C@H](CS(=O)(=O)O)[C@@H](O)C(O)C1O. The molecule has 0 radical (unpaired) electrons. The van der Waals surface area contributed by atoms with Gasteiger partial charge in [-0.3, -0.25) is 14.1 Å². The molecule has 1 saturated heterocycles. The van der Waals surface area contributed by atoms with Crippen LogP contribution < -0.4 is 0 Å². The fraction of sp³-hybridized carbons (Fsp3) is 0.756. The molecule has 0 amide bonds. The first-order chi connectivity index (χ1) is 26.0. The zero-order chi connectivity index (χ0) is 39.9. The Bertz CT molecular complexity index is 1200. The van der Waals surface area contributed by atoms with Gasteiger partial charge in [-0.25, -0.2) is 0 Å². The molecule has 0 spiro atoms. The largest absolute Gasteiger partial charge is 0.462 e. The third-order valence-electron chi connectivity index (χ3n) is 8.92. The van der Waals surface area contributed by atoms with E-state index in [-0.39, 0.29) is 19.4 Å². The van der Waals surface area contributed by atoms with Crippen molar-refractivity contribution >= 4 is 22.1 Å². The molecule has 1 aliphatic rings. The van der Waals surface area contributed by atoms with Crippen LogP contribution in [0.25, 0.3) is 0 Å². The molecule has 0 aromatic carbocycles. The fourth-order valence-corrected chi connectivity index (χ4v) is 6.47. The van der Waals surface area contributed by atoms with Crippen molar-refractivity contribution in [1.29, 1.82) is 0 Å². The smallest absolute Gasteiger partial charge is 0.306 e. The van der Waals surface area contributed by atoms with E-state index in [0.717, 1.165) is 57.8 Å². The molecule has 54 heavy (non-hydrogen) atoms. The molecular weight excluding hydrogens is 717 g/mol. The van der Waals surface area contributed by atoms with Crippen LogP contribution in [0.4, 0.5) is 0 Å². The lowest BCUT2D eigenvalue weighted by Crippen LogP contribution is -2.60. The summed E-state index contributed by atoms with van der Waals surface area (Å²) in [6, 6.07) is 0. The summed E-state index contributed by atoms with van der Waals surface area (Å²) in [5, 5.41) is 30.8. The number of rotatable bonds is 32. The van der Waals surface area contributed by atoms with Gasteiger partial charge in [0.25, 0.3) is 10.1 Å². The molecular formula is C41H70O12S. The zero-order valence-corrected chi connectivity index (χ0v) is 33.6. The van der Waals surface area contributed by atoms with Crippen LogP contribution in [0.1, 0.15) is 142 Å². The van der Waals surface area contributed by atoms with Crippen molar-refractivity contribution in [2.24, 2.45) is 0 Å². The fourth-order valence-electron chi connectivity index (χ4n) is 5.78. The van der Waals surface area contributed by atoms with E-state index in [1.807, 2.05) is 0 Å². The van der Waals surface area contributed by atoms with Gasteiger partial charge >= 0.3 is 11.9 Å². The van der Waals surface area contributed by atoms with Gasteiger partial charge in [0.15, 0.2) is 12.4 Å². The Morgan fingerprint density at radius 2 is 1.17 bits per heavy atom. The summed E-state index contributed by atoms with van der Waals surface area (Å²) >= 11 is 0. The molecule has 312 valence electrons. The van der Waals surface area contributed by atoms with Gasteiger partial charge in [-0.05, 0) is 51.4 Å². The Hall–Kier alpha value is -2.39. The van der Waals surface area contributed by atoms with Gasteiger partial charge in [-0.15, -0.1) is 0 Å². The normalized spacial score (nSPS) is 21.5. The molecule has 12 nitrogen and oxygen atoms in total. The second-order valence-electron chi connectivity index (χ2n) is 13.9. The van der Waals surface area contributed by atoms with E-state index < -0.39 is 71.2 Å². The number of unbranched alkanes of at least 4 members (excludes halogenated alkanes) is 12. The van der Waals surface area contributed by atoms with Crippen LogP contribution in [-0.2, 0) is 38.7 Å². The highest BCUT2D eigenvalue weighted by Gasteiger charge is 2.46. The minimum Gasteiger partial charge on any atom is -0.462 e. The first kappa shape index (κ1) is 49.6. The van der Waals surface area contributed by atoms with Crippen molar-refractivity contribution in [3.05, 3.63) is 48.6 Å². The van der Waals surface area contributed by atoms with Gasteiger partial charge in [0.2, 0.25) is 0 Å². The number of hydrogen-bond donors (Lipinski definition) is 4. The van der Waals surface area contributed by atoms with Crippen molar-refractivity contribution < 1.29 is 56.8 Å². The van der Waals surface area contributed by atoms with Crippen molar-refractivity contribution in [1.82, 2.24) is 0 Å². The second-order valence-corrected chi connectivity index (χ2v) is 15.4. The molecule has 0 aliphatic carbocycles. The van der Waals surface area contributed by atoms with Gasteiger partial charge < -0.3 is 34.3 Å². The summed E-state index contributed by atoms with van der Waals surface area (Å²) in [4.78, 5) is 25.2. The van der Waals surface area contributed by atoms with Crippen molar-refractivity contribution in [3.63, 3.8) is 0 Å². The zero-order valence-electron chi connectivity index (χ0n) is 32.8. The Kier molecular flexibility index (Phi) is 29.2. The molecule has 1 heterocycles. The molecule has 2 unspecified atom stereocenters. The third-order valence-corrected chi connectivity index (χ3v) is 9.67. The summed E-state index contributed by atoms with van der Waals surface area (Å²) in [6.07, 6.45) is 26.0. The monoisotopic (exact) mass is 786 g/mol. The lowest BCUT2D eigenvalue weighted by molar-refractivity contribution is -0.297. The molecule has 6 atom stereocenters. The second kappa shape index (κ2) is 31.8. The van der Waals surface area contributed by atoms with E-state index in [2.05, 4.69) is 62.5 Å². The maximum atomic E-state index is 12.7. The third kappa shape index (κ3) is 26.4. The maximum Gasteiger partial charge on any atom is 0.306 e. The highest BCUT2D eigenvalue weighted by atomic mass is 32.2. The van der Waals surface area contributed by atoms with E-state index >= 15 is 0 Å². The van der Waals surface area contributed by atoms with Crippen LogP contribution in [-0.4, -0.2) is 96.0 Å². The quantitative estimate of drug-likeness (QED) is 0.0233. The number of aliphatic hydroxyl groups is 3. The lowest BCUT2D eigenvalue weighted by atomic mass is 10.00. The highest BCUT2D eigenvalue weighted by Crippen LogP contribution is 2.24. The molecule has 13 heteroatoms. The van der Waals surface area contributed by atoms with Crippen molar-refractivity contribution in [2.75, 3.05) is 19.0 Å². The van der Waals surface area contributed by atoms with Crippen LogP contribution in [0, 0.1) is 0 Å². The van der Waals surface area contributed by atoms with E-state index in [4.69, 9.17) is 18.9 Å². The molecule has 1 rings (SSSR count). The lowest BCUT2D eigenvalue weighted by Gasteiger charge is -2.40. The van der Waals surface area contributed by atoms with Crippen LogP contribution in [0.15, 0.2) is 48.6 Å². The van der Waals surface area contributed by atoms with Crippen molar-refractivity contribution in [3.8, 4) is 0 Å². The molecule has 1 aliphatic heterocycles. The molecule has 0 bridgehead atoms. The Labute approximate surface area is 324 Å². The van der Waals surface area contributed by atoms with Crippen LogP contribution in [0.3, 0.4) is 0 Å². The Balaban J connectivity index is 2.55. The number of carbonyl (C=O) groups is 2. The molecule has 0 aromatic rings. The summed E-state index contributed by atoms with van der Waals surface area (Å²) in [5.74, 6) is -2.04. The van der Waals surface area contributed by atoms with Gasteiger partial charge in [-0.2, -0.15) is 8.42 Å². The number of carbonyl (C=O) groups excluding carboxylic acids is 2. The number of ether oxygens (including phenoxy) is 4. The van der Waals surface area contributed by atoms with E-state index in [1.54, 1.807) is 0 Å². The first-order valence-corrected chi connectivity index (χ1v) is 21.8. The topological polar surface area (TPSA) is 186 Å². The van der Waals surface area contributed by atoms with Gasteiger partial charge in [0.1, 0.15) is 36.8 Å². The van der Waals surface area contributed by atoms with E-state index in [9.17, 15) is 37.9 Å². The van der Waals surface area contributed by atoms with Gasteiger partial charge in [0.05, 0.1) is 6.61 Å². The first-order valence-electron chi connectivity index (χ1n) is 20.2. The Morgan fingerprint density at radius 1 is 0.648 bits per heavy atom. The molecule has 4 N–H and O–H groups in total. The molecule has 0 saturated carbocycles. The number of allylic oxidation sites excluding steroid dienone is 8. The Morgan fingerprint density at radius 3 is 1.74 bits per heavy atom. The minimum atomic E-state index is -4.60. The van der Waals surface area contributed by atoms with E-state index in [0.29, 0.717) is 12.8 Å². The number of hydrogen-bond acceptors (Lipinski definition) is 11. The van der Waals surface area contributed by atoms with Crippen molar-refractivity contribution in [2.45, 2.75) is 179 Å². The standard InChI is InChI=1S/C41H70O12S/c1-3-5-7-9-11-13-15-16-17-18-20-22-24-26-28-30-37(43)52-34(31-50-36(42)29-27-25-23-21-19-14-12-10-8-6-4-2)32-51-41-40(46)39(45)38(44)35(53-41)33-54(47,48)49/h5,7,11,13,16-17,20,22,34-35,38-41,44-46H,3-4,6,8-10,12,14-15,18-19,21,23-33H2,1-2H3,(H,47,48,49)/b7-5+,13-11+,17-16+,22-20+/t34-,35-,38-,39?,40?,41+/m1/s1. The highest BCUT2D eigenvalue weighted by molar-refractivity contribution is 7.85. The van der Waals surface area contributed by atoms with Gasteiger partial charge in [-0.1, -0.05) is 127 Å². The van der Waals surface area contributed by atoms with Crippen LogP contribution >= 0.6 is 0 Å². The maximum absolute atomic E-state index is 12.7. The number of aliphatic hydroxyl groups excluding tert-OH is 3. The molecule has 0 aromatic heterocycles. The molecule has 1 fully saturated rings. The van der Waals surface area contributed by atoms with Crippen LogP contribution in [0.2, 0.25) is 0 Å². The summed E-state index contributed by atoms with van der Waals surface area (Å²) in [5.41, 5.74) is 0. The average Bonchev–Trinajstić information content (AvgIpc) is 3.13. The minimum absolute atomic E-state index is 0.112. The summed E-state index contributed by atoms with van der Waals surface area (Å²) in [6.45, 7) is 3.57. The summed E-state index contributed by atoms with van der Waals surface area (Å²) in [7, 11) is -4.60.